The maximum Gasteiger partial charge on any atom is 0.204 e. The number of benzene rings is 1. The predicted octanol–water partition coefficient (Wildman–Crippen LogP) is 2.50. The first-order valence-corrected chi connectivity index (χ1v) is 6.44. The van der Waals surface area contributed by atoms with Gasteiger partial charge in [-0.15, -0.1) is 21.5 Å². The van der Waals surface area contributed by atoms with E-state index in [1.807, 2.05) is 30.3 Å². The molecule has 18 heavy (non-hydrogen) atoms. The second kappa shape index (κ2) is 4.83. The van der Waals surface area contributed by atoms with Crippen molar-refractivity contribution in [2.75, 3.05) is 0 Å². The van der Waals surface area contributed by atoms with Crippen LogP contribution in [0.15, 0.2) is 36.5 Å². The molecular formula is C11H8ClN5S. The largest absolute Gasteiger partial charge is 0.233 e. The summed E-state index contributed by atoms with van der Waals surface area (Å²) in [6.45, 7) is 0.532. The van der Waals surface area contributed by atoms with Gasteiger partial charge in [0.25, 0.3) is 0 Å². The highest BCUT2D eigenvalue weighted by Gasteiger charge is 2.07. The van der Waals surface area contributed by atoms with Crippen LogP contribution in [0.3, 0.4) is 0 Å². The highest BCUT2D eigenvalue weighted by molar-refractivity contribution is 7.15. The first-order chi connectivity index (χ1) is 8.81. The van der Waals surface area contributed by atoms with Crippen molar-refractivity contribution in [1.82, 2.24) is 25.2 Å². The van der Waals surface area contributed by atoms with Gasteiger partial charge in [0, 0.05) is 16.6 Å². The zero-order chi connectivity index (χ0) is 12.4. The topological polar surface area (TPSA) is 56.5 Å². The van der Waals surface area contributed by atoms with Crippen molar-refractivity contribution in [2.24, 2.45) is 0 Å². The molecule has 0 spiro atoms. The third kappa shape index (κ3) is 2.39. The molecule has 2 aromatic heterocycles. The van der Waals surface area contributed by atoms with Crippen LogP contribution in [0.1, 0.15) is 4.88 Å². The average Bonchev–Trinajstić information content (AvgIpc) is 3.01. The summed E-state index contributed by atoms with van der Waals surface area (Å²) in [6.07, 6.45) is 1.72. The smallest absolute Gasteiger partial charge is 0.204 e. The Labute approximate surface area is 112 Å². The lowest BCUT2D eigenvalue weighted by molar-refractivity contribution is 0.577. The monoisotopic (exact) mass is 277 g/mol. The lowest BCUT2D eigenvalue weighted by Gasteiger charge is -1.93. The van der Waals surface area contributed by atoms with E-state index in [9.17, 15) is 0 Å². The van der Waals surface area contributed by atoms with E-state index < -0.39 is 0 Å². The molecule has 0 amide bonds. The fraction of sp³-hybridized carbons (Fsp3) is 0.0909. The number of hydrogen-bond donors (Lipinski definition) is 0. The van der Waals surface area contributed by atoms with E-state index in [0.717, 1.165) is 10.4 Å². The summed E-state index contributed by atoms with van der Waals surface area (Å²) < 4.78 is 0.522. The number of thiazole rings is 1. The highest BCUT2D eigenvalue weighted by atomic mass is 35.5. The van der Waals surface area contributed by atoms with Crippen molar-refractivity contribution in [3.63, 3.8) is 0 Å². The molecule has 1 aromatic carbocycles. The molecule has 0 aliphatic heterocycles. The summed E-state index contributed by atoms with van der Waals surface area (Å²) in [7, 11) is 0. The molecule has 0 saturated carbocycles. The second-order valence-electron chi connectivity index (χ2n) is 3.59. The van der Waals surface area contributed by atoms with Crippen molar-refractivity contribution in [1.29, 1.82) is 0 Å². The van der Waals surface area contributed by atoms with Crippen molar-refractivity contribution < 1.29 is 0 Å². The SMILES string of the molecule is Clc1ncc(Cn2nnc(-c3ccccc3)n2)s1. The number of tetrazole rings is 1. The van der Waals surface area contributed by atoms with Crippen LogP contribution in [0.2, 0.25) is 4.47 Å². The Balaban J connectivity index is 1.82. The summed E-state index contributed by atoms with van der Waals surface area (Å²) >= 11 is 7.18. The zero-order valence-electron chi connectivity index (χ0n) is 9.19. The Morgan fingerprint density at radius 2 is 2.06 bits per heavy atom. The molecule has 0 atom stereocenters. The van der Waals surface area contributed by atoms with Gasteiger partial charge in [-0.3, -0.25) is 0 Å². The van der Waals surface area contributed by atoms with Gasteiger partial charge in [-0.2, -0.15) is 4.80 Å². The van der Waals surface area contributed by atoms with Crippen LogP contribution in [-0.4, -0.2) is 25.2 Å². The Morgan fingerprint density at radius 1 is 1.22 bits per heavy atom. The van der Waals surface area contributed by atoms with E-state index in [1.54, 1.807) is 6.20 Å². The molecule has 0 aliphatic carbocycles. The van der Waals surface area contributed by atoms with E-state index in [4.69, 9.17) is 11.6 Å². The Hall–Kier alpha value is -1.79. The number of halogens is 1. The van der Waals surface area contributed by atoms with Crippen molar-refractivity contribution in [2.45, 2.75) is 6.54 Å². The van der Waals surface area contributed by atoms with Crippen LogP contribution in [-0.2, 0) is 6.54 Å². The molecular weight excluding hydrogens is 270 g/mol. The minimum absolute atomic E-state index is 0.522. The van der Waals surface area contributed by atoms with Crippen LogP contribution < -0.4 is 0 Å². The summed E-state index contributed by atoms with van der Waals surface area (Å²) in [5, 5.41) is 12.3. The number of nitrogens with zero attached hydrogens (tertiary/aromatic N) is 5. The quantitative estimate of drug-likeness (QED) is 0.738. The third-order valence-electron chi connectivity index (χ3n) is 2.31. The van der Waals surface area contributed by atoms with Gasteiger partial charge in [-0.05, 0) is 5.21 Å². The summed E-state index contributed by atoms with van der Waals surface area (Å²) in [4.78, 5) is 6.50. The maximum atomic E-state index is 5.77. The Morgan fingerprint density at radius 3 is 2.78 bits per heavy atom. The predicted molar refractivity (Wildman–Crippen MR) is 69.5 cm³/mol. The van der Waals surface area contributed by atoms with E-state index in [1.165, 1.54) is 16.1 Å². The Kier molecular flexibility index (Phi) is 3.04. The molecule has 0 unspecified atom stereocenters. The normalized spacial score (nSPS) is 10.7. The van der Waals surface area contributed by atoms with Crippen LogP contribution in [0.5, 0.6) is 0 Å². The van der Waals surface area contributed by atoms with Gasteiger partial charge >= 0.3 is 0 Å². The summed E-state index contributed by atoms with van der Waals surface area (Å²) in [5.41, 5.74) is 0.950. The zero-order valence-corrected chi connectivity index (χ0v) is 10.8. The van der Waals surface area contributed by atoms with Crippen molar-refractivity contribution in [3.8, 4) is 11.4 Å². The Bertz CT molecular complexity index is 648. The van der Waals surface area contributed by atoms with Crippen LogP contribution in [0.25, 0.3) is 11.4 Å². The molecule has 0 radical (unpaired) electrons. The highest BCUT2D eigenvalue weighted by Crippen LogP contribution is 2.18. The molecule has 3 aromatic rings. The standard InChI is InChI=1S/C11H8ClN5S/c12-11-13-6-9(18-11)7-17-15-10(14-16-17)8-4-2-1-3-5-8/h1-6H,7H2. The van der Waals surface area contributed by atoms with Gasteiger partial charge < -0.3 is 0 Å². The summed E-state index contributed by atoms with van der Waals surface area (Å²) in [5.74, 6) is 0.617. The lowest BCUT2D eigenvalue weighted by Crippen LogP contribution is -2.02. The fourth-order valence-corrected chi connectivity index (χ4v) is 2.46. The van der Waals surface area contributed by atoms with Crippen LogP contribution >= 0.6 is 22.9 Å². The lowest BCUT2D eigenvalue weighted by atomic mass is 10.2. The van der Waals surface area contributed by atoms with Gasteiger partial charge in [0.15, 0.2) is 4.47 Å². The van der Waals surface area contributed by atoms with Gasteiger partial charge in [0.05, 0.1) is 6.54 Å². The van der Waals surface area contributed by atoms with Crippen LogP contribution in [0.4, 0.5) is 0 Å². The van der Waals surface area contributed by atoms with Crippen molar-refractivity contribution >= 4 is 22.9 Å². The second-order valence-corrected chi connectivity index (χ2v) is 5.29. The number of hydrogen-bond acceptors (Lipinski definition) is 5. The molecule has 0 aliphatic rings. The van der Waals surface area contributed by atoms with Gasteiger partial charge in [-0.25, -0.2) is 4.98 Å². The number of aromatic nitrogens is 5. The van der Waals surface area contributed by atoms with Crippen LogP contribution in [0, 0.1) is 0 Å². The minimum Gasteiger partial charge on any atom is -0.233 e. The maximum absolute atomic E-state index is 5.77. The molecule has 0 fully saturated rings. The molecule has 0 saturated heterocycles. The molecule has 0 N–H and O–H groups in total. The van der Waals surface area contributed by atoms with Gasteiger partial charge in [-0.1, -0.05) is 41.9 Å². The minimum atomic E-state index is 0.522. The molecule has 2 heterocycles. The first-order valence-electron chi connectivity index (χ1n) is 5.25. The molecule has 3 rings (SSSR count). The molecule has 5 nitrogen and oxygen atoms in total. The van der Waals surface area contributed by atoms with E-state index in [2.05, 4.69) is 20.4 Å². The van der Waals surface area contributed by atoms with E-state index >= 15 is 0 Å². The van der Waals surface area contributed by atoms with Gasteiger partial charge in [0.2, 0.25) is 5.82 Å². The van der Waals surface area contributed by atoms with E-state index in [-0.39, 0.29) is 0 Å². The molecule has 7 heteroatoms. The van der Waals surface area contributed by atoms with E-state index in [0.29, 0.717) is 16.8 Å². The third-order valence-corrected chi connectivity index (χ3v) is 3.41. The molecule has 0 bridgehead atoms. The first kappa shape index (κ1) is 11.3. The van der Waals surface area contributed by atoms with Crippen molar-refractivity contribution in [3.05, 3.63) is 45.9 Å². The fourth-order valence-electron chi connectivity index (χ4n) is 1.51. The number of rotatable bonds is 3. The van der Waals surface area contributed by atoms with Gasteiger partial charge in [0.1, 0.15) is 0 Å². The average molecular weight is 278 g/mol. The summed E-state index contributed by atoms with van der Waals surface area (Å²) in [6, 6.07) is 9.74. The molecule has 90 valence electrons.